The third kappa shape index (κ3) is 3.35. The zero-order chi connectivity index (χ0) is 16.3. The first-order chi connectivity index (χ1) is 10.5. The van der Waals surface area contributed by atoms with E-state index in [9.17, 15) is 9.59 Å². The van der Waals surface area contributed by atoms with Gasteiger partial charge in [0.1, 0.15) is 0 Å². The summed E-state index contributed by atoms with van der Waals surface area (Å²) in [5.41, 5.74) is 0.485. The predicted octanol–water partition coefficient (Wildman–Crippen LogP) is 2.40. The number of benzene rings is 1. The number of likely N-dealkylation sites (tertiary alicyclic amines) is 1. The minimum atomic E-state index is -0.791. The van der Waals surface area contributed by atoms with Gasteiger partial charge >= 0.3 is 5.97 Å². The Labute approximate surface area is 137 Å². The summed E-state index contributed by atoms with van der Waals surface area (Å²) < 4.78 is 11.1. The van der Waals surface area contributed by atoms with E-state index in [1.54, 1.807) is 17.0 Å². The van der Waals surface area contributed by atoms with E-state index in [2.05, 4.69) is 15.9 Å². The van der Waals surface area contributed by atoms with Crippen LogP contribution in [0.5, 0.6) is 11.5 Å². The summed E-state index contributed by atoms with van der Waals surface area (Å²) in [6.45, 7) is 0.892. The number of piperidine rings is 1. The van der Waals surface area contributed by atoms with Crippen molar-refractivity contribution in [2.45, 2.75) is 12.8 Å². The zero-order valence-corrected chi connectivity index (χ0v) is 14.1. The van der Waals surface area contributed by atoms with Crippen molar-refractivity contribution in [3.05, 3.63) is 22.2 Å². The van der Waals surface area contributed by atoms with Crippen LogP contribution in [0.3, 0.4) is 0 Å². The summed E-state index contributed by atoms with van der Waals surface area (Å²) in [5.74, 6) is -0.281. The van der Waals surface area contributed by atoms with Gasteiger partial charge in [-0.1, -0.05) is 0 Å². The van der Waals surface area contributed by atoms with Crippen LogP contribution in [0.1, 0.15) is 23.2 Å². The Kier molecular flexibility index (Phi) is 5.28. The molecule has 0 unspecified atom stereocenters. The van der Waals surface area contributed by atoms with Gasteiger partial charge in [0.15, 0.2) is 11.5 Å². The lowest BCUT2D eigenvalue weighted by Gasteiger charge is -2.30. The molecule has 0 radical (unpaired) electrons. The number of amides is 1. The number of halogens is 1. The molecule has 1 fully saturated rings. The lowest BCUT2D eigenvalue weighted by Crippen LogP contribution is -2.40. The summed E-state index contributed by atoms with van der Waals surface area (Å²) in [6.07, 6.45) is 0.963. The molecule has 0 saturated carbocycles. The maximum absolute atomic E-state index is 12.6. The van der Waals surface area contributed by atoms with Gasteiger partial charge < -0.3 is 19.5 Å². The first-order valence-electron chi connectivity index (χ1n) is 6.91. The molecule has 0 atom stereocenters. The Hall–Kier alpha value is -1.76. The number of carboxylic acids is 1. The van der Waals surface area contributed by atoms with Crippen molar-refractivity contribution in [3.63, 3.8) is 0 Å². The maximum atomic E-state index is 12.6. The monoisotopic (exact) mass is 371 g/mol. The molecule has 0 aromatic heterocycles. The third-order valence-electron chi connectivity index (χ3n) is 3.81. The van der Waals surface area contributed by atoms with Crippen LogP contribution < -0.4 is 9.47 Å². The summed E-state index contributed by atoms with van der Waals surface area (Å²) in [4.78, 5) is 25.2. The van der Waals surface area contributed by atoms with E-state index in [-0.39, 0.29) is 11.8 Å². The van der Waals surface area contributed by atoms with Crippen LogP contribution in [-0.4, -0.2) is 49.2 Å². The third-order valence-corrected chi connectivity index (χ3v) is 4.40. The van der Waals surface area contributed by atoms with Crippen LogP contribution in [0.15, 0.2) is 16.6 Å². The van der Waals surface area contributed by atoms with Gasteiger partial charge in [-0.25, -0.2) is 0 Å². The minimum absolute atomic E-state index is 0.134. The number of ether oxygens (including phenoxy) is 2. The minimum Gasteiger partial charge on any atom is -0.493 e. The van der Waals surface area contributed by atoms with Crippen LogP contribution in [0, 0.1) is 5.92 Å². The van der Waals surface area contributed by atoms with E-state index in [1.807, 2.05) is 0 Å². The summed E-state index contributed by atoms with van der Waals surface area (Å²) in [5, 5.41) is 9.00. The highest BCUT2D eigenvalue weighted by Gasteiger charge is 2.28. The standard InChI is InChI=1S/C15H18BrNO5/c1-21-12-8-10(7-11(16)13(12)22-2)14(18)17-5-3-9(4-6-17)15(19)20/h7-9H,3-6H2,1-2H3,(H,19,20). The fourth-order valence-corrected chi connectivity index (χ4v) is 3.16. The Morgan fingerprint density at radius 3 is 2.36 bits per heavy atom. The van der Waals surface area contributed by atoms with E-state index < -0.39 is 5.97 Å². The van der Waals surface area contributed by atoms with Crippen LogP contribution in [0.25, 0.3) is 0 Å². The second kappa shape index (κ2) is 7.00. The second-order valence-electron chi connectivity index (χ2n) is 5.10. The lowest BCUT2D eigenvalue weighted by atomic mass is 9.96. The van der Waals surface area contributed by atoms with Gasteiger partial charge in [-0.05, 0) is 40.9 Å². The highest BCUT2D eigenvalue weighted by molar-refractivity contribution is 9.10. The van der Waals surface area contributed by atoms with Gasteiger partial charge in [0.05, 0.1) is 24.6 Å². The smallest absolute Gasteiger partial charge is 0.306 e. The number of carboxylic acid groups (broad SMARTS) is 1. The first-order valence-corrected chi connectivity index (χ1v) is 7.70. The molecule has 1 aromatic rings. The molecule has 120 valence electrons. The lowest BCUT2D eigenvalue weighted by molar-refractivity contribution is -0.143. The SMILES string of the molecule is COc1cc(C(=O)N2CCC(C(=O)O)CC2)cc(Br)c1OC. The summed E-state index contributed by atoms with van der Waals surface area (Å²) in [6, 6.07) is 3.32. The summed E-state index contributed by atoms with van der Waals surface area (Å²) in [7, 11) is 3.04. The van der Waals surface area contributed by atoms with Crippen molar-refractivity contribution in [3.8, 4) is 11.5 Å². The average molecular weight is 372 g/mol. The molecule has 1 aliphatic rings. The normalized spacial score (nSPS) is 15.5. The topological polar surface area (TPSA) is 76.1 Å². The second-order valence-corrected chi connectivity index (χ2v) is 5.95. The first kappa shape index (κ1) is 16.6. The highest BCUT2D eigenvalue weighted by atomic mass is 79.9. The molecular formula is C15H18BrNO5. The number of rotatable bonds is 4. The number of methoxy groups -OCH3 is 2. The molecule has 1 N–H and O–H groups in total. The Bertz CT molecular complexity index is 582. The number of aliphatic carboxylic acids is 1. The van der Waals surface area contributed by atoms with E-state index in [1.165, 1.54) is 14.2 Å². The molecule has 1 aromatic carbocycles. The Balaban J connectivity index is 2.17. The van der Waals surface area contributed by atoms with Crippen molar-refractivity contribution < 1.29 is 24.2 Å². The number of carbonyl (C=O) groups excluding carboxylic acids is 1. The molecule has 6 nitrogen and oxygen atoms in total. The maximum Gasteiger partial charge on any atom is 0.306 e. The molecule has 1 amide bonds. The van der Waals surface area contributed by atoms with Crippen molar-refractivity contribution in [2.24, 2.45) is 5.92 Å². The Morgan fingerprint density at radius 2 is 1.86 bits per heavy atom. The molecular weight excluding hydrogens is 354 g/mol. The number of carbonyl (C=O) groups is 2. The van der Waals surface area contributed by atoms with E-state index >= 15 is 0 Å². The molecule has 22 heavy (non-hydrogen) atoms. The fourth-order valence-electron chi connectivity index (χ4n) is 2.55. The highest BCUT2D eigenvalue weighted by Crippen LogP contribution is 2.36. The van der Waals surface area contributed by atoms with Crippen molar-refractivity contribution in [1.29, 1.82) is 0 Å². The average Bonchev–Trinajstić information content (AvgIpc) is 2.53. The number of hydrogen-bond donors (Lipinski definition) is 1. The van der Waals surface area contributed by atoms with Gasteiger partial charge in [0.25, 0.3) is 5.91 Å². The molecule has 1 aliphatic heterocycles. The van der Waals surface area contributed by atoms with Gasteiger partial charge in [-0.15, -0.1) is 0 Å². The molecule has 1 saturated heterocycles. The molecule has 0 aliphatic carbocycles. The van der Waals surface area contributed by atoms with Gasteiger partial charge in [0.2, 0.25) is 0 Å². The van der Waals surface area contributed by atoms with Crippen LogP contribution in [-0.2, 0) is 4.79 Å². The van der Waals surface area contributed by atoms with E-state index in [0.717, 1.165) is 0 Å². The molecule has 1 heterocycles. The molecule has 7 heteroatoms. The van der Waals surface area contributed by atoms with Gasteiger partial charge in [-0.3, -0.25) is 9.59 Å². The Morgan fingerprint density at radius 1 is 1.23 bits per heavy atom. The van der Waals surface area contributed by atoms with Crippen molar-refractivity contribution in [1.82, 2.24) is 4.90 Å². The van der Waals surface area contributed by atoms with Crippen LogP contribution in [0.2, 0.25) is 0 Å². The quantitative estimate of drug-likeness (QED) is 0.879. The van der Waals surface area contributed by atoms with Crippen molar-refractivity contribution in [2.75, 3.05) is 27.3 Å². The number of nitrogens with zero attached hydrogens (tertiary/aromatic N) is 1. The largest absolute Gasteiger partial charge is 0.493 e. The van der Waals surface area contributed by atoms with Gasteiger partial charge in [0, 0.05) is 18.7 Å². The molecule has 0 bridgehead atoms. The van der Waals surface area contributed by atoms with Crippen LogP contribution in [0.4, 0.5) is 0 Å². The number of hydrogen-bond acceptors (Lipinski definition) is 4. The van der Waals surface area contributed by atoms with E-state index in [0.29, 0.717) is 47.5 Å². The van der Waals surface area contributed by atoms with Gasteiger partial charge in [-0.2, -0.15) is 0 Å². The molecule has 0 spiro atoms. The molecule has 2 rings (SSSR count). The van der Waals surface area contributed by atoms with E-state index in [4.69, 9.17) is 14.6 Å². The zero-order valence-electron chi connectivity index (χ0n) is 12.5. The van der Waals surface area contributed by atoms with Crippen LogP contribution >= 0.6 is 15.9 Å². The predicted molar refractivity (Wildman–Crippen MR) is 83.5 cm³/mol. The fraction of sp³-hybridized carbons (Fsp3) is 0.467. The summed E-state index contributed by atoms with van der Waals surface area (Å²) >= 11 is 3.37. The van der Waals surface area contributed by atoms with Crippen molar-refractivity contribution >= 4 is 27.8 Å².